The molecule has 1 nitrogen and oxygen atoms in total. The average Bonchev–Trinajstić information content (AvgIpc) is 2.64. The molecular formula is C15H19NS. The molecule has 2 aromatic rings. The zero-order chi connectivity index (χ0) is 12.3. The Morgan fingerprint density at radius 2 is 1.82 bits per heavy atom. The van der Waals surface area contributed by atoms with Gasteiger partial charge >= 0.3 is 0 Å². The second-order valence-corrected chi connectivity index (χ2v) is 5.60. The molecule has 0 aliphatic heterocycles. The fourth-order valence-electron chi connectivity index (χ4n) is 2.15. The van der Waals surface area contributed by atoms with Crippen molar-refractivity contribution in [3.05, 3.63) is 51.0 Å². The van der Waals surface area contributed by atoms with Crippen LogP contribution in [-0.4, -0.2) is 4.98 Å². The largest absolute Gasteiger partial charge is 0.246 e. The van der Waals surface area contributed by atoms with Gasteiger partial charge in [0.25, 0.3) is 0 Å². The van der Waals surface area contributed by atoms with Gasteiger partial charge in [0.1, 0.15) is 0 Å². The fourth-order valence-corrected chi connectivity index (χ4v) is 3.01. The number of hydrogen-bond acceptors (Lipinski definition) is 2. The number of hydrogen-bond donors (Lipinski definition) is 0. The van der Waals surface area contributed by atoms with Gasteiger partial charge in [-0.1, -0.05) is 42.7 Å². The second kappa shape index (κ2) is 5.46. The molecule has 0 saturated heterocycles. The molecule has 0 saturated carbocycles. The Labute approximate surface area is 108 Å². The van der Waals surface area contributed by atoms with Gasteiger partial charge in [-0.15, -0.1) is 11.3 Å². The van der Waals surface area contributed by atoms with Gasteiger partial charge < -0.3 is 0 Å². The van der Waals surface area contributed by atoms with Crippen molar-refractivity contribution in [2.45, 2.75) is 40.0 Å². The lowest BCUT2D eigenvalue weighted by Gasteiger charge is -2.02. The van der Waals surface area contributed by atoms with E-state index in [4.69, 9.17) is 0 Å². The van der Waals surface area contributed by atoms with E-state index in [1.54, 1.807) is 11.3 Å². The SMILES string of the molecule is CCCc1csc(Cc2cc(C)cc(C)c2)n1. The molecule has 1 aromatic heterocycles. The van der Waals surface area contributed by atoms with Crippen LogP contribution in [0.3, 0.4) is 0 Å². The monoisotopic (exact) mass is 245 g/mol. The van der Waals surface area contributed by atoms with E-state index in [0.717, 1.165) is 12.8 Å². The van der Waals surface area contributed by atoms with Crippen molar-refractivity contribution >= 4 is 11.3 Å². The molecule has 0 atom stereocenters. The van der Waals surface area contributed by atoms with E-state index in [-0.39, 0.29) is 0 Å². The summed E-state index contributed by atoms with van der Waals surface area (Å²) in [6.45, 7) is 6.50. The van der Waals surface area contributed by atoms with Crippen molar-refractivity contribution in [3.63, 3.8) is 0 Å². The molecule has 2 rings (SSSR count). The Hall–Kier alpha value is -1.15. The van der Waals surface area contributed by atoms with E-state index >= 15 is 0 Å². The third kappa shape index (κ3) is 3.40. The van der Waals surface area contributed by atoms with E-state index in [9.17, 15) is 0 Å². The summed E-state index contributed by atoms with van der Waals surface area (Å²) >= 11 is 1.78. The third-order valence-corrected chi connectivity index (χ3v) is 3.64. The van der Waals surface area contributed by atoms with Crippen LogP contribution in [0, 0.1) is 13.8 Å². The molecule has 0 fully saturated rings. The molecule has 2 heteroatoms. The van der Waals surface area contributed by atoms with Crippen LogP contribution in [-0.2, 0) is 12.8 Å². The van der Waals surface area contributed by atoms with Crippen molar-refractivity contribution in [1.82, 2.24) is 4.98 Å². The maximum absolute atomic E-state index is 4.67. The molecule has 0 radical (unpaired) electrons. The zero-order valence-corrected chi connectivity index (χ0v) is 11.6. The van der Waals surface area contributed by atoms with Gasteiger partial charge in [-0.05, 0) is 25.8 Å². The fraction of sp³-hybridized carbons (Fsp3) is 0.400. The van der Waals surface area contributed by atoms with Crippen molar-refractivity contribution in [3.8, 4) is 0 Å². The van der Waals surface area contributed by atoms with Crippen molar-refractivity contribution in [1.29, 1.82) is 0 Å². The van der Waals surface area contributed by atoms with Crippen LogP contribution in [0.2, 0.25) is 0 Å². The van der Waals surface area contributed by atoms with Crippen molar-refractivity contribution in [2.24, 2.45) is 0 Å². The van der Waals surface area contributed by atoms with Crippen LogP contribution in [0.1, 0.15) is 40.7 Å². The van der Waals surface area contributed by atoms with E-state index in [0.29, 0.717) is 0 Å². The van der Waals surface area contributed by atoms with Gasteiger partial charge in [0.2, 0.25) is 0 Å². The quantitative estimate of drug-likeness (QED) is 0.782. The lowest BCUT2D eigenvalue weighted by atomic mass is 10.1. The molecule has 17 heavy (non-hydrogen) atoms. The van der Waals surface area contributed by atoms with Crippen LogP contribution < -0.4 is 0 Å². The highest BCUT2D eigenvalue weighted by Crippen LogP contribution is 2.17. The smallest absolute Gasteiger partial charge is 0.0972 e. The second-order valence-electron chi connectivity index (χ2n) is 4.66. The number of thiazole rings is 1. The minimum absolute atomic E-state index is 0.969. The van der Waals surface area contributed by atoms with Gasteiger partial charge in [0, 0.05) is 11.8 Å². The lowest BCUT2D eigenvalue weighted by Crippen LogP contribution is -1.91. The van der Waals surface area contributed by atoms with Gasteiger partial charge in [0.05, 0.1) is 10.7 Å². The normalized spacial score (nSPS) is 10.8. The van der Waals surface area contributed by atoms with E-state index < -0.39 is 0 Å². The Kier molecular flexibility index (Phi) is 3.95. The number of rotatable bonds is 4. The first-order valence-electron chi connectivity index (χ1n) is 6.18. The number of aromatic nitrogens is 1. The molecule has 1 heterocycles. The summed E-state index contributed by atoms with van der Waals surface area (Å²) in [5.74, 6) is 0. The highest BCUT2D eigenvalue weighted by Gasteiger charge is 2.03. The molecule has 0 unspecified atom stereocenters. The van der Waals surface area contributed by atoms with E-state index in [1.165, 1.54) is 33.8 Å². The van der Waals surface area contributed by atoms with Crippen LogP contribution in [0.15, 0.2) is 23.6 Å². The molecule has 0 spiro atoms. The molecular weight excluding hydrogens is 226 g/mol. The number of aryl methyl sites for hydroxylation is 3. The topological polar surface area (TPSA) is 12.9 Å². The van der Waals surface area contributed by atoms with Gasteiger partial charge in [-0.3, -0.25) is 0 Å². The van der Waals surface area contributed by atoms with Crippen LogP contribution in [0.5, 0.6) is 0 Å². The van der Waals surface area contributed by atoms with Crippen molar-refractivity contribution in [2.75, 3.05) is 0 Å². The van der Waals surface area contributed by atoms with E-state index in [2.05, 4.69) is 49.3 Å². The number of benzene rings is 1. The van der Waals surface area contributed by atoms with Gasteiger partial charge in [-0.2, -0.15) is 0 Å². The molecule has 0 N–H and O–H groups in total. The maximum Gasteiger partial charge on any atom is 0.0972 e. The maximum atomic E-state index is 4.67. The van der Waals surface area contributed by atoms with Gasteiger partial charge in [-0.25, -0.2) is 4.98 Å². The summed E-state index contributed by atoms with van der Waals surface area (Å²) in [5.41, 5.74) is 5.30. The Morgan fingerprint density at radius 1 is 1.12 bits per heavy atom. The molecule has 0 aliphatic carbocycles. The average molecular weight is 245 g/mol. The third-order valence-electron chi connectivity index (χ3n) is 2.74. The molecule has 90 valence electrons. The Morgan fingerprint density at radius 3 is 2.47 bits per heavy atom. The molecule has 1 aromatic carbocycles. The molecule has 0 amide bonds. The predicted octanol–water partition coefficient (Wildman–Crippen LogP) is 4.30. The minimum atomic E-state index is 0.969. The molecule has 0 bridgehead atoms. The molecule has 0 aliphatic rings. The standard InChI is InChI=1S/C15H19NS/c1-4-5-14-10-17-15(16-14)9-13-7-11(2)6-12(3)8-13/h6-8,10H,4-5,9H2,1-3H3. The van der Waals surface area contributed by atoms with Crippen LogP contribution >= 0.6 is 11.3 Å². The lowest BCUT2D eigenvalue weighted by molar-refractivity contribution is 0.883. The summed E-state index contributed by atoms with van der Waals surface area (Å²) in [7, 11) is 0. The Balaban J connectivity index is 2.13. The predicted molar refractivity (Wildman–Crippen MR) is 74.8 cm³/mol. The summed E-state index contributed by atoms with van der Waals surface area (Å²) < 4.78 is 0. The minimum Gasteiger partial charge on any atom is -0.246 e. The first-order valence-corrected chi connectivity index (χ1v) is 7.06. The number of nitrogens with zero attached hydrogens (tertiary/aromatic N) is 1. The summed E-state index contributed by atoms with van der Waals surface area (Å²) in [4.78, 5) is 4.67. The highest BCUT2D eigenvalue weighted by atomic mass is 32.1. The summed E-state index contributed by atoms with van der Waals surface area (Å²) in [6, 6.07) is 6.73. The highest BCUT2D eigenvalue weighted by molar-refractivity contribution is 7.09. The Bertz CT molecular complexity index is 479. The zero-order valence-electron chi connectivity index (χ0n) is 10.8. The van der Waals surface area contributed by atoms with E-state index in [1.807, 2.05) is 0 Å². The summed E-state index contributed by atoms with van der Waals surface area (Å²) in [6.07, 6.45) is 3.24. The first-order chi connectivity index (χ1) is 8.17. The van der Waals surface area contributed by atoms with Gasteiger partial charge in [0.15, 0.2) is 0 Å². The first kappa shape index (κ1) is 12.3. The van der Waals surface area contributed by atoms with Crippen LogP contribution in [0.25, 0.3) is 0 Å². The van der Waals surface area contributed by atoms with Crippen molar-refractivity contribution < 1.29 is 0 Å². The van der Waals surface area contributed by atoms with Crippen LogP contribution in [0.4, 0.5) is 0 Å². The summed E-state index contributed by atoms with van der Waals surface area (Å²) in [5, 5.41) is 3.43.